The number of amides is 1. The number of rotatable bonds is 8. The van der Waals surface area contributed by atoms with Crippen molar-refractivity contribution < 1.29 is 23.5 Å². The van der Waals surface area contributed by atoms with Gasteiger partial charge in [0.25, 0.3) is 0 Å². The standard InChI is InChI=1S/C18H25FN4O4/c1-26-10-5-16(24)23-8-6-22(7-9-23)14-4-2-3-13(18(14)19)12-27-17(25)11-15(20)21/h2-4H,5-12H2,1H3,(H3,20,21). The molecule has 1 fully saturated rings. The van der Waals surface area contributed by atoms with Gasteiger partial charge in [-0.2, -0.15) is 0 Å². The molecule has 1 aromatic carbocycles. The zero-order valence-corrected chi connectivity index (χ0v) is 15.4. The molecule has 1 aromatic rings. The van der Waals surface area contributed by atoms with E-state index in [0.29, 0.717) is 44.9 Å². The summed E-state index contributed by atoms with van der Waals surface area (Å²) in [6, 6.07) is 4.91. The van der Waals surface area contributed by atoms with Crippen LogP contribution < -0.4 is 10.6 Å². The smallest absolute Gasteiger partial charge is 0.313 e. The molecule has 0 bridgehead atoms. The minimum atomic E-state index is -0.671. The van der Waals surface area contributed by atoms with Crippen LogP contribution >= 0.6 is 0 Å². The van der Waals surface area contributed by atoms with Gasteiger partial charge in [-0.15, -0.1) is 0 Å². The van der Waals surface area contributed by atoms with E-state index in [4.69, 9.17) is 20.6 Å². The number of amidine groups is 1. The minimum absolute atomic E-state index is 0.0307. The normalized spacial score (nSPS) is 14.1. The van der Waals surface area contributed by atoms with Crippen molar-refractivity contribution in [3.63, 3.8) is 0 Å². The third-order valence-electron chi connectivity index (χ3n) is 4.27. The highest BCUT2D eigenvalue weighted by Gasteiger charge is 2.23. The fourth-order valence-electron chi connectivity index (χ4n) is 2.83. The first kappa shape index (κ1) is 20.6. The first-order valence-corrected chi connectivity index (χ1v) is 8.70. The van der Waals surface area contributed by atoms with Gasteiger partial charge in [-0.05, 0) is 6.07 Å². The number of nitrogens with two attached hydrogens (primary N) is 1. The van der Waals surface area contributed by atoms with E-state index < -0.39 is 11.8 Å². The minimum Gasteiger partial charge on any atom is -0.460 e. The average Bonchev–Trinajstić information content (AvgIpc) is 2.65. The Balaban J connectivity index is 1.95. The fraction of sp³-hybridized carbons (Fsp3) is 0.500. The van der Waals surface area contributed by atoms with Gasteiger partial charge in [-0.25, -0.2) is 4.39 Å². The number of methoxy groups -OCH3 is 1. The zero-order chi connectivity index (χ0) is 19.8. The van der Waals surface area contributed by atoms with Crippen molar-refractivity contribution >= 4 is 23.4 Å². The summed E-state index contributed by atoms with van der Waals surface area (Å²) in [5.74, 6) is -1.39. The van der Waals surface area contributed by atoms with Crippen LogP contribution in [0, 0.1) is 11.2 Å². The van der Waals surface area contributed by atoms with Gasteiger partial charge in [0, 0.05) is 38.9 Å². The molecule has 0 aromatic heterocycles. The number of hydrogen-bond donors (Lipinski definition) is 2. The van der Waals surface area contributed by atoms with Crippen molar-refractivity contribution in [1.29, 1.82) is 5.41 Å². The van der Waals surface area contributed by atoms with Crippen LogP contribution in [0.15, 0.2) is 18.2 Å². The second-order valence-corrected chi connectivity index (χ2v) is 6.22. The molecule has 1 aliphatic heterocycles. The first-order chi connectivity index (χ1) is 12.9. The van der Waals surface area contributed by atoms with Crippen molar-refractivity contribution in [2.24, 2.45) is 5.73 Å². The molecule has 9 heteroatoms. The Morgan fingerprint density at radius 3 is 2.59 bits per heavy atom. The highest BCUT2D eigenvalue weighted by Crippen LogP contribution is 2.24. The lowest BCUT2D eigenvalue weighted by Gasteiger charge is -2.36. The molecular weight excluding hydrogens is 355 g/mol. The number of benzene rings is 1. The van der Waals surface area contributed by atoms with Crippen LogP contribution in [0.25, 0.3) is 0 Å². The molecule has 148 valence electrons. The lowest BCUT2D eigenvalue weighted by atomic mass is 10.1. The Hall–Kier alpha value is -2.68. The maximum Gasteiger partial charge on any atom is 0.313 e. The number of ether oxygens (including phenoxy) is 2. The molecule has 0 unspecified atom stereocenters. The second-order valence-electron chi connectivity index (χ2n) is 6.22. The molecule has 2 rings (SSSR count). The Morgan fingerprint density at radius 2 is 1.96 bits per heavy atom. The summed E-state index contributed by atoms with van der Waals surface area (Å²) >= 11 is 0. The molecule has 0 aliphatic carbocycles. The number of carbonyl (C=O) groups excluding carboxylic acids is 2. The molecule has 0 atom stereocenters. The number of hydrogen-bond acceptors (Lipinski definition) is 6. The Kier molecular flexibility index (Phi) is 7.54. The molecule has 27 heavy (non-hydrogen) atoms. The Labute approximate surface area is 157 Å². The maximum absolute atomic E-state index is 14.8. The molecule has 1 aliphatic rings. The monoisotopic (exact) mass is 380 g/mol. The lowest BCUT2D eigenvalue weighted by Crippen LogP contribution is -2.49. The summed E-state index contributed by atoms with van der Waals surface area (Å²) in [7, 11) is 1.55. The molecule has 1 amide bonds. The molecule has 0 radical (unpaired) electrons. The summed E-state index contributed by atoms with van der Waals surface area (Å²) < 4.78 is 24.7. The van der Waals surface area contributed by atoms with Crippen LogP contribution in [0.3, 0.4) is 0 Å². The van der Waals surface area contributed by atoms with E-state index in [9.17, 15) is 14.0 Å². The fourth-order valence-corrected chi connectivity index (χ4v) is 2.83. The molecule has 0 saturated carbocycles. The van der Waals surface area contributed by atoms with E-state index in [1.165, 1.54) is 0 Å². The number of halogens is 1. The highest BCUT2D eigenvalue weighted by atomic mass is 19.1. The van der Waals surface area contributed by atoms with E-state index in [1.807, 2.05) is 4.90 Å². The quantitative estimate of drug-likeness (QED) is 0.394. The highest BCUT2D eigenvalue weighted by molar-refractivity contribution is 5.94. The van der Waals surface area contributed by atoms with Crippen LogP contribution in [0.2, 0.25) is 0 Å². The van der Waals surface area contributed by atoms with E-state index in [-0.39, 0.29) is 30.3 Å². The molecule has 1 saturated heterocycles. The van der Waals surface area contributed by atoms with Gasteiger partial charge >= 0.3 is 5.97 Å². The van der Waals surface area contributed by atoms with E-state index in [2.05, 4.69) is 0 Å². The van der Waals surface area contributed by atoms with E-state index in [0.717, 1.165) is 0 Å². The third kappa shape index (κ3) is 5.92. The predicted octanol–water partition coefficient (Wildman–Crippen LogP) is 0.880. The SMILES string of the molecule is COCCC(=O)N1CCN(c2cccc(COC(=O)CC(=N)N)c2F)CC1. The average molecular weight is 380 g/mol. The van der Waals surface area contributed by atoms with Crippen LogP contribution in [0.1, 0.15) is 18.4 Å². The number of piperazine rings is 1. The summed E-state index contributed by atoms with van der Waals surface area (Å²) in [6.45, 7) is 2.23. The Bertz CT molecular complexity index is 690. The van der Waals surface area contributed by atoms with Crippen molar-refractivity contribution in [3.8, 4) is 0 Å². The molecular formula is C18H25FN4O4. The molecule has 3 N–H and O–H groups in total. The summed E-state index contributed by atoms with van der Waals surface area (Å²) in [5.41, 5.74) is 5.81. The molecule has 0 spiro atoms. The van der Waals surface area contributed by atoms with Gasteiger partial charge in [0.2, 0.25) is 5.91 Å². The largest absolute Gasteiger partial charge is 0.460 e. The van der Waals surface area contributed by atoms with Crippen molar-refractivity contribution in [2.75, 3.05) is 44.8 Å². The number of nitrogens with one attached hydrogen (secondary N) is 1. The number of esters is 1. The molecule has 1 heterocycles. The number of anilines is 1. The van der Waals surface area contributed by atoms with Gasteiger partial charge in [0.05, 0.1) is 18.7 Å². The van der Waals surface area contributed by atoms with Crippen molar-refractivity contribution in [2.45, 2.75) is 19.4 Å². The predicted molar refractivity (Wildman–Crippen MR) is 98.0 cm³/mol. The van der Waals surface area contributed by atoms with Gasteiger partial charge in [-0.3, -0.25) is 15.0 Å². The second kappa shape index (κ2) is 9.86. The third-order valence-corrected chi connectivity index (χ3v) is 4.27. The number of nitrogens with zero attached hydrogens (tertiary/aromatic N) is 2. The van der Waals surface area contributed by atoms with Crippen molar-refractivity contribution in [3.05, 3.63) is 29.6 Å². The van der Waals surface area contributed by atoms with Crippen molar-refractivity contribution in [1.82, 2.24) is 4.90 Å². The molecule has 8 nitrogen and oxygen atoms in total. The Morgan fingerprint density at radius 1 is 1.26 bits per heavy atom. The summed E-state index contributed by atoms with van der Waals surface area (Å²) in [5, 5.41) is 7.06. The number of carbonyl (C=O) groups is 2. The van der Waals surface area contributed by atoms with Crippen LogP contribution in [0.4, 0.5) is 10.1 Å². The van der Waals surface area contributed by atoms with Gasteiger partial charge in [-0.1, -0.05) is 12.1 Å². The zero-order valence-electron chi connectivity index (χ0n) is 15.4. The van der Waals surface area contributed by atoms with Gasteiger partial charge in [0.1, 0.15) is 18.9 Å². The van der Waals surface area contributed by atoms with Crippen LogP contribution in [-0.4, -0.2) is 62.5 Å². The first-order valence-electron chi connectivity index (χ1n) is 8.70. The van der Waals surface area contributed by atoms with Gasteiger partial charge in [0.15, 0.2) is 5.82 Å². The summed E-state index contributed by atoms with van der Waals surface area (Å²) in [4.78, 5) is 27.1. The van der Waals surface area contributed by atoms with E-state index >= 15 is 0 Å². The van der Waals surface area contributed by atoms with Crippen LogP contribution in [0.5, 0.6) is 0 Å². The topological polar surface area (TPSA) is 109 Å². The van der Waals surface area contributed by atoms with Gasteiger partial charge < -0.3 is 25.0 Å². The van der Waals surface area contributed by atoms with E-state index in [1.54, 1.807) is 30.2 Å². The van der Waals surface area contributed by atoms with Crippen LogP contribution in [-0.2, 0) is 25.7 Å². The summed E-state index contributed by atoms with van der Waals surface area (Å²) in [6.07, 6.45) is 0.0202. The maximum atomic E-state index is 14.8. The lowest BCUT2D eigenvalue weighted by molar-refractivity contribution is -0.143.